The lowest BCUT2D eigenvalue weighted by molar-refractivity contribution is -0.138. The van der Waals surface area contributed by atoms with Gasteiger partial charge in [-0.2, -0.15) is 5.26 Å². The van der Waals surface area contributed by atoms with Gasteiger partial charge >= 0.3 is 5.97 Å². The highest BCUT2D eigenvalue weighted by Gasteiger charge is 2.38. The van der Waals surface area contributed by atoms with Gasteiger partial charge in [0.15, 0.2) is 5.78 Å². The summed E-state index contributed by atoms with van der Waals surface area (Å²) in [6, 6.07) is 25.6. The summed E-state index contributed by atoms with van der Waals surface area (Å²) in [5.74, 6) is -0.715. The first-order chi connectivity index (χ1) is 18.5. The van der Waals surface area contributed by atoms with Crippen LogP contribution in [0.3, 0.4) is 0 Å². The van der Waals surface area contributed by atoms with Crippen molar-refractivity contribution < 1.29 is 19.1 Å². The van der Waals surface area contributed by atoms with Gasteiger partial charge in [-0.25, -0.2) is 4.79 Å². The van der Waals surface area contributed by atoms with Crippen molar-refractivity contribution in [2.45, 2.75) is 12.8 Å². The highest BCUT2D eigenvalue weighted by molar-refractivity contribution is 8.03. The molecule has 0 saturated carbocycles. The highest BCUT2D eigenvalue weighted by atomic mass is 35.5. The predicted molar refractivity (Wildman–Crippen MR) is 150 cm³/mol. The summed E-state index contributed by atoms with van der Waals surface area (Å²) in [5, 5.41) is 14.5. The normalized spacial score (nSPS) is 14.9. The van der Waals surface area contributed by atoms with Crippen molar-refractivity contribution in [3.63, 3.8) is 0 Å². The Morgan fingerprint density at radius 1 is 1.03 bits per heavy atom. The molecule has 6 nitrogen and oxygen atoms in total. The number of methoxy groups -OCH3 is 1. The van der Waals surface area contributed by atoms with E-state index in [2.05, 4.69) is 11.4 Å². The molecular formula is C30H25ClN2O4S. The molecule has 0 bridgehead atoms. The number of ketones is 1. The molecule has 1 atom stereocenters. The van der Waals surface area contributed by atoms with E-state index in [4.69, 9.17) is 21.1 Å². The smallest absolute Gasteiger partial charge is 0.337 e. The number of nitrogens with zero attached hydrogens (tertiary/aromatic N) is 1. The van der Waals surface area contributed by atoms with Gasteiger partial charge in [-0.1, -0.05) is 71.9 Å². The Bertz CT molecular complexity index is 1440. The highest BCUT2D eigenvalue weighted by Crippen LogP contribution is 2.45. The second kappa shape index (κ2) is 12.5. The number of carbonyl (C=O) groups is 2. The fraction of sp³-hybridized carbons (Fsp3) is 0.167. The first-order valence-corrected chi connectivity index (χ1v) is 13.3. The molecule has 0 radical (unpaired) electrons. The number of carbonyl (C=O) groups excluding carboxylic acids is 2. The van der Waals surface area contributed by atoms with Crippen LogP contribution in [0.1, 0.15) is 34.3 Å². The molecule has 0 aliphatic carbocycles. The summed E-state index contributed by atoms with van der Waals surface area (Å²) >= 11 is 7.81. The molecule has 3 aromatic carbocycles. The van der Waals surface area contributed by atoms with Crippen LogP contribution in [0.25, 0.3) is 5.70 Å². The van der Waals surface area contributed by atoms with Gasteiger partial charge in [0.05, 0.1) is 53.3 Å². The summed E-state index contributed by atoms with van der Waals surface area (Å²) in [4.78, 5) is 26.4. The minimum atomic E-state index is -0.789. The molecule has 0 saturated heterocycles. The number of hydrogen-bond acceptors (Lipinski definition) is 7. The number of thioether (sulfide) groups is 1. The van der Waals surface area contributed by atoms with E-state index >= 15 is 0 Å². The number of nitriles is 1. The second-order valence-corrected chi connectivity index (χ2v) is 9.64. The number of allylic oxidation sites excluding steroid dienone is 1. The minimum absolute atomic E-state index is 0.0753. The molecule has 0 aromatic heterocycles. The van der Waals surface area contributed by atoms with Crippen molar-refractivity contribution in [1.82, 2.24) is 5.32 Å². The lowest BCUT2D eigenvalue weighted by atomic mass is 9.81. The van der Waals surface area contributed by atoms with Crippen LogP contribution in [0.4, 0.5) is 0 Å². The lowest BCUT2D eigenvalue weighted by Crippen LogP contribution is -2.29. The first-order valence-electron chi connectivity index (χ1n) is 11.9. The Balaban J connectivity index is 1.81. The number of dihydropyridines is 1. The largest absolute Gasteiger partial charge is 0.497 e. The average molecular weight is 545 g/mol. The number of ether oxygens (including phenoxy) is 2. The van der Waals surface area contributed by atoms with E-state index in [9.17, 15) is 14.9 Å². The second-order valence-electron chi connectivity index (χ2n) is 8.25. The number of Topliss-reactive ketones (excluding diaryl/α,β-unsaturated/α-hetero) is 1. The standard InChI is InChI=1S/C30H25ClN2O4S/c1-3-37-30(35)27-26(22-11-7-8-12-24(22)31)23(17-32)29(33-28(27)20-9-5-4-6-10-20)38-18-25(34)19-13-15-21(36-2)16-14-19/h4-16,26,33H,3,18H2,1-2H3/t26-/m0/s1. The zero-order valence-corrected chi connectivity index (χ0v) is 22.4. The summed E-state index contributed by atoms with van der Waals surface area (Å²) in [6.45, 7) is 1.90. The van der Waals surface area contributed by atoms with E-state index in [1.807, 2.05) is 36.4 Å². The third kappa shape index (κ3) is 5.77. The Hall–Kier alpha value is -3.99. The molecule has 1 aliphatic heterocycles. The Morgan fingerprint density at radius 2 is 1.71 bits per heavy atom. The third-order valence-corrected chi connectivity index (χ3v) is 7.35. The number of nitrogens with one attached hydrogen (secondary N) is 1. The first kappa shape index (κ1) is 27.1. The van der Waals surface area contributed by atoms with E-state index in [0.29, 0.717) is 32.6 Å². The van der Waals surface area contributed by atoms with Gasteiger partial charge < -0.3 is 14.8 Å². The Labute approximate surface area is 230 Å². The fourth-order valence-corrected chi connectivity index (χ4v) is 5.36. The van der Waals surface area contributed by atoms with Gasteiger partial charge in [0.2, 0.25) is 0 Å². The van der Waals surface area contributed by atoms with Crippen LogP contribution in [-0.4, -0.2) is 31.2 Å². The van der Waals surface area contributed by atoms with Crippen molar-refractivity contribution in [3.05, 3.63) is 117 Å². The molecule has 1 heterocycles. The topological polar surface area (TPSA) is 88.4 Å². The third-order valence-electron chi connectivity index (χ3n) is 5.98. The van der Waals surface area contributed by atoms with Gasteiger partial charge in [-0.3, -0.25) is 4.79 Å². The zero-order valence-electron chi connectivity index (χ0n) is 20.9. The maximum Gasteiger partial charge on any atom is 0.337 e. The summed E-state index contributed by atoms with van der Waals surface area (Å²) in [5.41, 5.74) is 2.95. The zero-order chi connectivity index (χ0) is 27.1. The van der Waals surface area contributed by atoms with Gasteiger partial charge in [-0.05, 0) is 48.4 Å². The number of halogens is 1. The van der Waals surface area contributed by atoms with Crippen molar-refractivity contribution >= 4 is 40.8 Å². The van der Waals surface area contributed by atoms with Crippen LogP contribution in [0.2, 0.25) is 5.02 Å². The van der Waals surface area contributed by atoms with Crippen LogP contribution >= 0.6 is 23.4 Å². The van der Waals surface area contributed by atoms with Crippen LogP contribution in [0.5, 0.6) is 5.75 Å². The molecule has 1 aliphatic rings. The summed E-state index contributed by atoms with van der Waals surface area (Å²) < 4.78 is 10.6. The Kier molecular flexibility index (Phi) is 8.90. The molecule has 0 fully saturated rings. The summed E-state index contributed by atoms with van der Waals surface area (Å²) in [6.07, 6.45) is 0. The van der Waals surface area contributed by atoms with Crippen molar-refractivity contribution in [2.75, 3.05) is 19.5 Å². The summed E-state index contributed by atoms with van der Waals surface area (Å²) in [7, 11) is 1.56. The molecule has 0 spiro atoms. The van der Waals surface area contributed by atoms with Crippen molar-refractivity contribution in [1.29, 1.82) is 5.26 Å². The van der Waals surface area contributed by atoms with Gasteiger partial charge in [0.1, 0.15) is 5.75 Å². The van der Waals surface area contributed by atoms with E-state index in [0.717, 1.165) is 5.56 Å². The quantitative estimate of drug-likeness (QED) is 0.247. The van der Waals surface area contributed by atoms with E-state index in [1.54, 1.807) is 56.5 Å². The van der Waals surface area contributed by atoms with Gasteiger partial charge in [0, 0.05) is 10.6 Å². The Morgan fingerprint density at radius 3 is 2.34 bits per heavy atom. The molecule has 3 aromatic rings. The monoisotopic (exact) mass is 544 g/mol. The average Bonchev–Trinajstić information content (AvgIpc) is 2.96. The molecule has 38 heavy (non-hydrogen) atoms. The van der Waals surface area contributed by atoms with Crippen molar-refractivity contribution in [2.24, 2.45) is 0 Å². The van der Waals surface area contributed by atoms with Crippen LogP contribution in [-0.2, 0) is 9.53 Å². The van der Waals surface area contributed by atoms with E-state index in [-0.39, 0.29) is 29.3 Å². The molecule has 192 valence electrons. The molecule has 1 N–H and O–H groups in total. The lowest BCUT2D eigenvalue weighted by Gasteiger charge is -2.31. The number of esters is 1. The van der Waals surface area contributed by atoms with Crippen LogP contribution in [0, 0.1) is 11.3 Å². The van der Waals surface area contributed by atoms with E-state index in [1.165, 1.54) is 11.8 Å². The fourth-order valence-electron chi connectivity index (χ4n) is 4.18. The van der Waals surface area contributed by atoms with Gasteiger partial charge in [-0.15, -0.1) is 0 Å². The number of benzene rings is 3. The van der Waals surface area contributed by atoms with E-state index < -0.39 is 11.9 Å². The van der Waals surface area contributed by atoms with Gasteiger partial charge in [0.25, 0.3) is 0 Å². The maximum absolute atomic E-state index is 13.4. The predicted octanol–water partition coefficient (Wildman–Crippen LogP) is 6.36. The molecule has 8 heteroatoms. The molecular weight excluding hydrogens is 520 g/mol. The number of rotatable bonds is 9. The molecule has 0 amide bonds. The molecule has 0 unspecified atom stereocenters. The van der Waals surface area contributed by atoms with Crippen LogP contribution < -0.4 is 10.1 Å². The SMILES string of the molecule is CCOC(=O)C1=C(c2ccccc2)NC(SCC(=O)c2ccc(OC)cc2)=C(C#N)[C@@H]1c1ccccc1Cl. The number of hydrogen-bond donors (Lipinski definition) is 1. The van der Waals surface area contributed by atoms with Crippen molar-refractivity contribution in [3.8, 4) is 11.8 Å². The minimum Gasteiger partial charge on any atom is -0.497 e. The van der Waals surface area contributed by atoms with Crippen LogP contribution in [0.15, 0.2) is 95.0 Å². The maximum atomic E-state index is 13.4. The molecule has 4 rings (SSSR count).